The number of thioether (sulfide) groups is 1. The third-order valence-corrected chi connectivity index (χ3v) is 4.98. The Morgan fingerprint density at radius 2 is 2.00 bits per heavy atom. The Morgan fingerprint density at radius 3 is 2.55 bits per heavy atom. The van der Waals surface area contributed by atoms with Gasteiger partial charge in [0, 0.05) is 13.1 Å². The van der Waals surface area contributed by atoms with Crippen molar-refractivity contribution in [2.24, 2.45) is 0 Å². The van der Waals surface area contributed by atoms with Gasteiger partial charge in [-0.1, -0.05) is 24.0 Å². The van der Waals surface area contributed by atoms with E-state index in [0.29, 0.717) is 10.0 Å². The number of thiocarbonyl (C=S) groups is 1. The quantitative estimate of drug-likeness (QED) is 0.621. The van der Waals surface area contributed by atoms with E-state index < -0.39 is 0 Å². The molecule has 0 unspecified atom stereocenters. The number of nitrogens with zero attached hydrogens (tertiary/aromatic N) is 1. The van der Waals surface area contributed by atoms with E-state index in [1.165, 1.54) is 11.8 Å². The van der Waals surface area contributed by atoms with Crippen molar-refractivity contribution in [2.45, 2.75) is 20.8 Å². The molecule has 3 nitrogen and oxygen atoms in total. The van der Waals surface area contributed by atoms with Crippen LogP contribution >= 0.6 is 39.9 Å². The summed E-state index contributed by atoms with van der Waals surface area (Å²) in [6.45, 7) is 7.60. The standard InChI is InChI=1S/C14H18BrNO2S2/c1-4-16(5-2)14(19)20-8-12(17)10-6-9(3)7-11(15)13(10)18/h6-7,18H,4-5,8H2,1-3H3. The average molecular weight is 376 g/mol. The molecule has 6 heteroatoms. The van der Waals surface area contributed by atoms with Crippen LogP contribution in [0, 0.1) is 6.92 Å². The van der Waals surface area contributed by atoms with E-state index in [4.69, 9.17) is 12.2 Å². The predicted octanol–water partition coefficient (Wildman–Crippen LogP) is 4.01. The Labute approximate surface area is 137 Å². The summed E-state index contributed by atoms with van der Waals surface area (Å²) < 4.78 is 1.26. The minimum atomic E-state index is -0.119. The second kappa shape index (κ2) is 8.00. The van der Waals surface area contributed by atoms with Crippen molar-refractivity contribution in [3.63, 3.8) is 0 Å². The molecule has 1 aromatic rings. The Kier molecular flexibility index (Phi) is 6.99. The van der Waals surface area contributed by atoms with Crippen molar-refractivity contribution in [2.75, 3.05) is 18.8 Å². The molecule has 1 rings (SSSR count). The number of phenols is 1. The Hall–Kier alpha value is -0.590. The molecule has 0 aromatic heterocycles. The Balaban J connectivity index is 2.75. The summed E-state index contributed by atoms with van der Waals surface area (Å²) in [5.74, 6) is 0.111. The molecule has 0 aliphatic heterocycles. The second-order valence-corrected chi connectivity index (χ2v) is 6.76. The molecule has 0 heterocycles. The zero-order valence-corrected chi connectivity index (χ0v) is 15.0. The monoisotopic (exact) mass is 375 g/mol. The first-order valence-corrected chi connectivity index (χ1v) is 8.53. The summed E-state index contributed by atoms with van der Waals surface area (Å²) >= 11 is 9.88. The van der Waals surface area contributed by atoms with Gasteiger partial charge in [-0.2, -0.15) is 0 Å². The van der Waals surface area contributed by atoms with Crippen LogP contribution in [-0.2, 0) is 0 Å². The largest absolute Gasteiger partial charge is 0.506 e. The number of carbonyl (C=O) groups excluding carboxylic acids is 1. The lowest BCUT2D eigenvalue weighted by atomic mass is 10.1. The molecule has 0 radical (unpaired) electrons. The normalized spacial score (nSPS) is 10.4. The molecule has 0 bridgehead atoms. The summed E-state index contributed by atoms with van der Waals surface area (Å²) in [6, 6.07) is 3.48. The minimum absolute atomic E-state index is 0.00467. The highest BCUT2D eigenvalue weighted by molar-refractivity contribution is 9.10. The lowest BCUT2D eigenvalue weighted by molar-refractivity contribution is 0.102. The number of aromatic hydroxyl groups is 1. The molecule has 1 aromatic carbocycles. The number of carbonyl (C=O) groups is 1. The second-order valence-electron chi connectivity index (χ2n) is 4.29. The van der Waals surface area contributed by atoms with Gasteiger partial charge in [-0.3, -0.25) is 4.79 Å². The van der Waals surface area contributed by atoms with E-state index in [-0.39, 0.29) is 17.3 Å². The number of rotatable bonds is 5. The van der Waals surface area contributed by atoms with Gasteiger partial charge in [-0.15, -0.1) is 0 Å². The van der Waals surface area contributed by atoms with Gasteiger partial charge in [0.15, 0.2) is 5.78 Å². The van der Waals surface area contributed by atoms with Crippen LogP contribution in [0.3, 0.4) is 0 Å². The fraction of sp³-hybridized carbons (Fsp3) is 0.429. The van der Waals surface area contributed by atoms with Gasteiger partial charge in [-0.05, 0) is 54.4 Å². The van der Waals surface area contributed by atoms with Crippen LogP contribution in [0.1, 0.15) is 29.8 Å². The molecular formula is C14H18BrNO2S2. The van der Waals surface area contributed by atoms with E-state index >= 15 is 0 Å². The average Bonchev–Trinajstić information content (AvgIpc) is 2.41. The van der Waals surface area contributed by atoms with E-state index in [1.807, 2.05) is 25.7 Å². The van der Waals surface area contributed by atoms with Crippen molar-refractivity contribution in [3.05, 3.63) is 27.7 Å². The van der Waals surface area contributed by atoms with Crippen molar-refractivity contribution in [1.29, 1.82) is 0 Å². The van der Waals surface area contributed by atoms with Crippen LogP contribution in [-0.4, -0.2) is 39.0 Å². The van der Waals surface area contributed by atoms with Crippen LogP contribution < -0.4 is 0 Å². The lowest BCUT2D eigenvalue weighted by Gasteiger charge is -2.20. The van der Waals surface area contributed by atoms with Crippen LogP contribution in [0.25, 0.3) is 0 Å². The van der Waals surface area contributed by atoms with Crippen LogP contribution in [0.5, 0.6) is 5.75 Å². The number of aryl methyl sites for hydroxylation is 1. The van der Waals surface area contributed by atoms with Crippen molar-refractivity contribution in [1.82, 2.24) is 4.90 Å². The van der Waals surface area contributed by atoms with E-state index in [2.05, 4.69) is 15.9 Å². The summed E-state index contributed by atoms with van der Waals surface area (Å²) in [4.78, 5) is 14.2. The molecule has 110 valence electrons. The molecule has 0 saturated carbocycles. The van der Waals surface area contributed by atoms with Gasteiger partial charge >= 0.3 is 0 Å². The first-order valence-electron chi connectivity index (χ1n) is 6.34. The number of Topliss-reactive ketones (excluding diaryl/α,β-unsaturated/α-hetero) is 1. The van der Waals surface area contributed by atoms with E-state index in [1.54, 1.807) is 12.1 Å². The van der Waals surface area contributed by atoms with Gasteiger partial charge in [0.05, 0.1) is 15.8 Å². The molecule has 0 saturated heterocycles. The molecule has 20 heavy (non-hydrogen) atoms. The number of hydrogen-bond acceptors (Lipinski definition) is 4. The molecule has 0 spiro atoms. The van der Waals surface area contributed by atoms with Gasteiger partial charge < -0.3 is 10.0 Å². The first-order chi connectivity index (χ1) is 9.40. The predicted molar refractivity (Wildman–Crippen MR) is 92.9 cm³/mol. The highest BCUT2D eigenvalue weighted by Gasteiger charge is 2.16. The van der Waals surface area contributed by atoms with Gasteiger partial charge in [0.1, 0.15) is 10.1 Å². The Morgan fingerprint density at radius 1 is 1.40 bits per heavy atom. The third-order valence-electron chi connectivity index (χ3n) is 2.86. The topological polar surface area (TPSA) is 40.5 Å². The third kappa shape index (κ3) is 4.46. The maximum absolute atomic E-state index is 12.2. The fourth-order valence-electron chi connectivity index (χ4n) is 1.73. The summed E-state index contributed by atoms with van der Waals surface area (Å²) in [7, 11) is 0. The molecule has 0 atom stereocenters. The van der Waals surface area contributed by atoms with Crippen LogP contribution in [0.15, 0.2) is 16.6 Å². The van der Waals surface area contributed by atoms with E-state index in [0.717, 1.165) is 23.0 Å². The zero-order valence-electron chi connectivity index (χ0n) is 11.8. The van der Waals surface area contributed by atoms with Gasteiger partial charge in [0.25, 0.3) is 0 Å². The molecule has 0 aliphatic rings. The van der Waals surface area contributed by atoms with Crippen molar-refractivity contribution in [3.8, 4) is 5.75 Å². The first kappa shape index (κ1) is 17.5. The maximum Gasteiger partial charge on any atom is 0.176 e. The van der Waals surface area contributed by atoms with E-state index in [9.17, 15) is 9.90 Å². The zero-order chi connectivity index (χ0) is 15.3. The fourth-order valence-corrected chi connectivity index (χ4v) is 3.59. The number of hydrogen-bond donors (Lipinski definition) is 1. The van der Waals surface area contributed by atoms with Crippen LogP contribution in [0.2, 0.25) is 0 Å². The molecule has 0 aliphatic carbocycles. The van der Waals surface area contributed by atoms with Crippen molar-refractivity contribution >= 4 is 50.0 Å². The Bertz CT molecular complexity index is 516. The van der Waals surface area contributed by atoms with Crippen molar-refractivity contribution < 1.29 is 9.90 Å². The smallest absolute Gasteiger partial charge is 0.176 e. The van der Waals surface area contributed by atoms with Gasteiger partial charge in [0.2, 0.25) is 0 Å². The maximum atomic E-state index is 12.2. The molecule has 1 N–H and O–H groups in total. The number of halogens is 1. The molecule has 0 amide bonds. The summed E-state index contributed by atoms with van der Waals surface area (Å²) in [6.07, 6.45) is 0. The van der Waals surface area contributed by atoms with Crippen LogP contribution in [0.4, 0.5) is 0 Å². The summed E-state index contributed by atoms with van der Waals surface area (Å²) in [5.41, 5.74) is 1.26. The highest BCUT2D eigenvalue weighted by atomic mass is 79.9. The highest BCUT2D eigenvalue weighted by Crippen LogP contribution is 2.30. The summed E-state index contributed by atoms with van der Waals surface area (Å²) in [5, 5.41) is 9.94. The molecular weight excluding hydrogens is 358 g/mol. The lowest BCUT2D eigenvalue weighted by Crippen LogP contribution is -2.27. The SMILES string of the molecule is CCN(CC)C(=S)SCC(=O)c1cc(C)cc(Br)c1O. The van der Waals surface area contributed by atoms with Gasteiger partial charge in [-0.25, -0.2) is 0 Å². The minimum Gasteiger partial charge on any atom is -0.506 e. The number of ketones is 1. The number of phenolic OH excluding ortho intramolecular Hbond substituents is 1. The molecule has 0 fully saturated rings. The number of benzene rings is 1.